The van der Waals surface area contributed by atoms with E-state index in [4.69, 9.17) is 4.74 Å². The van der Waals surface area contributed by atoms with Gasteiger partial charge in [-0.15, -0.1) is 0 Å². The SMILES string of the molecule is CCOC[C@@]12CC3CC4(C(=O)N[C@H]5CCN[C@H](C)C5)C[C@](c5ccccc5)(C1)C42C3. The molecule has 5 aliphatic rings. The van der Waals surface area contributed by atoms with Crippen LogP contribution in [0.1, 0.15) is 64.4 Å². The van der Waals surface area contributed by atoms with Gasteiger partial charge in [-0.05, 0) is 76.8 Å². The first-order valence-electron chi connectivity index (χ1n) is 12.2. The van der Waals surface area contributed by atoms with Crippen LogP contribution in [0.3, 0.4) is 0 Å². The number of carbonyl (C=O) groups is 1. The Bertz CT molecular complexity index is 858. The molecule has 2 bridgehead atoms. The third-order valence-corrected chi connectivity index (χ3v) is 10.00. The zero-order valence-corrected chi connectivity index (χ0v) is 18.5. The van der Waals surface area contributed by atoms with Crippen LogP contribution in [0, 0.1) is 22.2 Å². The Hall–Kier alpha value is -1.39. The number of ether oxygens (including phenoxy) is 1. The van der Waals surface area contributed by atoms with Crippen LogP contribution >= 0.6 is 0 Å². The van der Waals surface area contributed by atoms with Gasteiger partial charge in [-0.25, -0.2) is 0 Å². The maximum absolute atomic E-state index is 14.0. The predicted molar refractivity (Wildman–Crippen MR) is 117 cm³/mol. The molecule has 1 amide bonds. The average Bonchev–Trinajstić information content (AvgIpc) is 3.20. The summed E-state index contributed by atoms with van der Waals surface area (Å²) in [5, 5.41) is 7.07. The number of nitrogens with one attached hydrogen (secondary N) is 2. The molecule has 4 heteroatoms. The second kappa shape index (κ2) is 6.32. The van der Waals surface area contributed by atoms with E-state index in [-0.39, 0.29) is 21.7 Å². The molecule has 6 rings (SSSR count). The van der Waals surface area contributed by atoms with Crippen molar-refractivity contribution in [3.63, 3.8) is 0 Å². The Morgan fingerprint density at radius 3 is 2.80 bits per heavy atom. The lowest BCUT2D eigenvalue weighted by molar-refractivity contribution is -0.320. The van der Waals surface area contributed by atoms with Crippen LogP contribution in [0.4, 0.5) is 0 Å². The summed E-state index contributed by atoms with van der Waals surface area (Å²) in [5.74, 6) is 1.06. The number of amides is 1. The van der Waals surface area contributed by atoms with Crippen LogP contribution < -0.4 is 10.6 Å². The Morgan fingerprint density at radius 2 is 2.03 bits per heavy atom. The van der Waals surface area contributed by atoms with Crippen LogP contribution in [0.5, 0.6) is 0 Å². The quantitative estimate of drug-likeness (QED) is 0.753. The maximum Gasteiger partial charge on any atom is 0.227 e. The van der Waals surface area contributed by atoms with Crippen molar-refractivity contribution in [1.82, 2.24) is 10.6 Å². The van der Waals surface area contributed by atoms with E-state index in [0.717, 1.165) is 45.4 Å². The largest absolute Gasteiger partial charge is 0.381 e. The molecule has 0 aromatic heterocycles. The second-order valence-electron chi connectivity index (χ2n) is 11.2. The first kappa shape index (κ1) is 19.3. The third-order valence-electron chi connectivity index (χ3n) is 10.00. The smallest absolute Gasteiger partial charge is 0.227 e. The van der Waals surface area contributed by atoms with Gasteiger partial charge in [-0.1, -0.05) is 30.3 Å². The summed E-state index contributed by atoms with van der Waals surface area (Å²) in [6.45, 7) is 6.95. The summed E-state index contributed by atoms with van der Waals surface area (Å²) in [5.41, 5.74) is 1.80. The second-order valence-corrected chi connectivity index (χ2v) is 11.2. The van der Waals surface area contributed by atoms with Gasteiger partial charge in [0.15, 0.2) is 0 Å². The zero-order valence-electron chi connectivity index (χ0n) is 18.5. The van der Waals surface area contributed by atoms with Crippen molar-refractivity contribution < 1.29 is 9.53 Å². The maximum atomic E-state index is 14.0. The summed E-state index contributed by atoms with van der Waals surface area (Å²) < 4.78 is 6.09. The highest BCUT2D eigenvalue weighted by atomic mass is 16.5. The monoisotopic (exact) mass is 408 g/mol. The molecule has 3 unspecified atom stereocenters. The van der Waals surface area contributed by atoms with E-state index in [1.165, 1.54) is 24.8 Å². The molecule has 2 N–H and O–H groups in total. The van der Waals surface area contributed by atoms with Crippen LogP contribution in [0.15, 0.2) is 30.3 Å². The highest BCUT2D eigenvalue weighted by Gasteiger charge is 2.94. The average molecular weight is 409 g/mol. The predicted octanol–water partition coefficient (Wildman–Crippen LogP) is 3.80. The van der Waals surface area contributed by atoms with Crippen LogP contribution in [-0.4, -0.2) is 37.7 Å². The third kappa shape index (κ3) is 2.08. The summed E-state index contributed by atoms with van der Waals surface area (Å²) in [6.07, 6.45) is 7.94. The molecule has 1 aromatic carbocycles. The lowest BCUT2D eigenvalue weighted by Gasteiger charge is -2.83. The molecule has 1 aliphatic heterocycles. The fraction of sp³-hybridized carbons (Fsp3) is 0.731. The summed E-state index contributed by atoms with van der Waals surface area (Å²) >= 11 is 0. The first-order valence-corrected chi connectivity index (χ1v) is 12.2. The summed E-state index contributed by atoms with van der Waals surface area (Å²) in [7, 11) is 0. The molecular formula is C26H36N2O2. The Labute approximate surface area is 180 Å². The molecule has 0 radical (unpaired) electrons. The first-order chi connectivity index (χ1) is 14.5. The number of hydrogen-bond donors (Lipinski definition) is 2. The van der Waals surface area contributed by atoms with Crippen molar-refractivity contribution in [2.45, 2.75) is 76.3 Å². The van der Waals surface area contributed by atoms with E-state index in [9.17, 15) is 4.79 Å². The van der Waals surface area contributed by atoms with Gasteiger partial charge in [0.05, 0.1) is 12.0 Å². The molecule has 1 saturated heterocycles. The molecule has 4 saturated carbocycles. The molecular weight excluding hydrogens is 372 g/mol. The van der Waals surface area contributed by atoms with Crippen molar-refractivity contribution in [1.29, 1.82) is 0 Å². The number of rotatable bonds is 6. The van der Waals surface area contributed by atoms with Crippen molar-refractivity contribution >= 4 is 5.91 Å². The van der Waals surface area contributed by atoms with Crippen molar-refractivity contribution in [3.05, 3.63) is 35.9 Å². The minimum atomic E-state index is -0.171. The fourth-order valence-electron chi connectivity index (χ4n) is 9.51. The molecule has 7 atom stereocenters. The van der Waals surface area contributed by atoms with Gasteiger partial charge < -0.3 is 15.4 Å². The number of hydrogen-bond acceptors (Lipinski definition) is 3. The van der Waals surface area contributed by atoms with E-state index in [1.54, 1.807) is 0 Å². The van der Waals surface area contributed by atoms with E-state index >= 15 is 0 Å². The minimum Gasteiger partial charge on any atom is -0.381 e. The lowest BCUT2D eigenvalue weighted by atomic mass is 9.19. The number of piperidine rings is 1. The zero-order chi connectivity index (χ0) is 20.6. The highest BCUT2D eigenvalue weighted by molar-refractivity contribution is 5.88. The molecule has 1 spiro atoms. The lowest BCUT2D eigenvalue weighted by Crippen LogP contribution is -2.84. The van der Waals surface area contributed by atoms with Gasteiger partial charge in [-0.3, -0.25) is 4.79 Å². The molecule has 4 nitrogen and oxygen atoms in total. The van der Waals surface area contributed by atoms with E-state index in [2.05, 4.69) is 54.8 Å². The molecule has 30 heavy (non-hydrogen) atoms. The van der Waals surface area contributed by atoms with E-state index < -0.39 is 0 Å². The number of fused-ring (bicyclic) bond motifs is 1. The van der Waals surface area contributed by atoms with Gasteiger partial charge in [0, 0.05) is 34.9 Å². The van der Waals surface area contributed by atoms with Crippen LogP contribution in [0.25, 0.3) is 0 Å². The molecule has 4 aliphatic carbocycles. The van der Waals surface area contributed by atoms with Crippen molar-refractivity contribution in [2.24, 2.45) is 22.2 Å². The van der Waals surface area contributed by atoms with Gasteiger partial charge in [-0.2, -0.15) is 0 Å². The van der Waals surface area contributed by atoms with E-state index in [1.807, 2.05) is 0 Å². The minimum absolute atomic E-state index is 0.108. The molecule has 162 valence electrons. The molecule has 1 aromatic rings. The highest BCUT2D eigenvalue weighted by Crippen LogP contribution is 2.95. The van der Waals surface area contributed by atoms with Crippen molar-refractivity contribution in [3.8, 4) is 0 Å². The van der Waals surface area contributed by atoms with Gasteiger partial charge in [0.1, 0.15) is 0 Å². The van der Waals surface area contributed by atoms with Crippen molar-refractivity contribution in [2.75, 3.05) is 19.8 Å². The topological polar surface area (TPSA) is 50.4 Å². The van der Waals surface area contributed by atoms with Crippen LogP contribution in [0.2, 0.25) is 0 Å². The fourth-order valence-corrected chi connectivity index (χ4v) is 9.51. The van der Waals surface area contributed by atoms with Gasteiger partial charge in [0.25, 0.3) is 0 Å². The molecule has 1 heterocycles. The van der Waals surface area contributed by atoms with Crippen LogP contribution in [-0.2, 0) is 14.9 Å². The molecule has 5 fully saturated rings. The number of carbonyl (C=O) groups excluding carboxylic acids is 1. The normalized spacial score (nSPS) is 47.9. The summed E-state index contributed by atoms with van der Waals surface area (Å²) in [6, 6.07) is 11.9. The van der Waals surface area contributed by atoms with E-state index in [0.29, 0.717) is 23.9 Å². The number of benzene rings is 1. The van der Waals surface area contributed by atoms with Gasteiger partial charge in [0.2, 0.25) is 5.91 Å². The Kier molecular flexibility index (Phi) is 4.07. The summed E-state index contributed by atoms with van der Waals surface area (Å²) in [4.78, 5) is 14.0. The Balaban J connectivity index is 1.36. The van der Waals surface area contributed by atoms with Gasteiger partial charge >= 0.3 is 0 Å². The standard InChI is InChI=1S/C26H36N2O2/c1-3-30-17-23-12-19-13-24(22(29)28-21-9-10-27-18(2)11-21)16-25(15-23,26(23,24)14-19)20-7-5-4-6-8-20/h4-8,18-19,21,27H,3,9-17H2,1-2H3,(H,28,29)/t18-,19?,21+,23-,24?,25+,26?/m1/s1. The Morgan fingerprint density at radius 1 is 1.20 bits per heavy atom.